The summed E-state index contributed by atoms with van der Waals surface area (Å²) in [5, 5.41) is 2.83. The van der Waals surface area contributed by atoms with E-state index in [0.29, 0.717) is 17.6 Å². The highest BCUT2D eigenvalue weighted by atomic mass is 16.4. The van der Waals surface area contributed by atoms with Crippen molar-refractivity contribution in [3.8, 4) is 11.1 Å². The molecule has 0 aliphatic carbocycles. The number of aryl methyl sites for hydroxylation is 1. The standard InChI is InChI=1S/C24H22N2O3/c27-23(25-16-8-7-11-18-9-3-1-4-10-18)26-21-17-20(19-12-5-2-6-13-19)14-15-22(21)29-24(26)28/h1-6,9-10,12-15,17H,7-8,11,16H2,(H,25,27). The van der Waals surface area contributed by atoms with Crippen molar-refractivity contribution in [1.29, 1.82) is 0 Å². The average molecular weight is 386 g/mol. The second-order valence-corrected chi connectivity index (χ2v) is 6.93. The summed E-state index contributed by atoms with van der Waals surface area (Å²) in [5.41, 5.74) is 4.08. The number of oxazole rings is 1. The first-order valence-electron chi connectivity index (χ1n) is 9.75. The number of carbonyl (C=O) groups is 1. The molecule has 0 spiro atoms. The molecule has 0 radical (unpaired) electrons. The molecule has 0 bridgehead atoms. The average Bonchev–Trinajstić information content (AvgIpc) is 3.09. The van der Waals surface area contributed by atoms with Gasteiger partial charge in [-0.25, -0.2) is 9.59 Å². The fourth-order valence-electron chi connectivity index (χ4n) is 3.39. The van der Waals surface area contributed by atoms with E-state index in [1.807, 2.05) is 60.7 Å². The molecular formula is C24H22N2O3. The van der Waals surface area contributed by atoms with Gasteiger partial charge in [-0.2, -0.15) is 4.57 Å². The van der Waals surface area contributed by atoms with Gasteiger partial charge in [-0.3, -0.25) is 0 Å². The Kier molecular flexibility index (Phi) is 5.56. The molecule has 5 heteroatoms. The number of carbonyl (C=O) groups excluding carboxylic acids is 1. The van der Waals surface area contributed by atoms with Crippen LogP contribution < -0.4 is 11.1 Å². The van der Waals surface area contributed by atoms with Crippen LogP contribution >= 0.6 is 0 Å². The van der Waals surface area contributed by atoms with E-state index < -0.39 is 11.8 Å². The van der Waals surface area contributed by atoms with E-state index in [9.17, 15) is 9.59 Å². The van der Waals surface area contributed by atoms with Crippen LogP contribution in [0.15, 0.2) is 88.1 Å². The number of aromatic nitrogens is 1. The van der Waals surface area contributed by atoms with Gasteiger partial charge >= 0.3 is 11.8 Å². The van der Waals surface area contributed by atoms with Gasteiger partial charge < -0.3 is 9.73 Å². The number of benzene rings is 3. The second kappa shape index (κ2) is 8.61. The van der Waals surface area contributed by atoms with Gasteiger partial charge in [0.15, 0.2) is 5.58 Å². The Balaban J connectivity index is 1.44. The molecule has 29 heavy (non-hydrogen) atoms. The fraction of sp³-hybridized carbons (Fsp3) is 0.167. The minimum absolute atomic E-state index is 0.397. The Bertz CT molecular complexity index is 1160. The smallest absolute Gasteiger partial charge is 0.407 e. The number of unbranched alkanes of at least 4 members (excludes halogenated alkanes) is 1. The number of hydrogen-bond donors (Lipinski definition) is 1. The van der Waals surface area contributed by atoms with Crippen LogP contribution in [-0.4, -0.2) is 17.1 Å². The molecule has 0 aliphatic rings. The van der Waals surface area contributed by atoms with E-state index in [0.717, 1.165) is 35.0 Å². The molecule has 1 N–H and O–H groups in total. The Morgan fingerprint density at radius 1 is 0.862 bits per heavy atom. The summed E-state index contributed by atoms with van der Waals surface area (Å²) < 4.78 is 6.31. The van der Waals surface area contributed by atoms with Gasteiger partial charge in [0, 0.05) is 6.54 Å². The van der Waals surface area contributed by atoms with Crippen molar-refractivity contribution in [3.63, 3.8) is 0 Å². The van der Waals surface area contributed by atoms with Crippen LogP contribution in [0, 0.1) is 0 Å². The van der Waals surface area contributed by atoms with Gasteiger partial charge in [-0.05, 0) is 48.1 Å². The van der Waals surface area contributed by atoms with Crippen molar-refractivity contribution >= 4 is 17.1 Å². The van der Waals surface area contributed by atoms with E-state index in [1.165, 1.54) is 5.56 Å². The summed E-state index contributed by atoms with van der Waals surface area (Å²) in [5.74, 6) is -0.674. The first-order valence-corrected chi connectivity index (χ1v) is 9.75. The molecule has 0 fully saturated rings. The molecule has 146 valence electrons. The normalized spacial score (nSPS) is 10.9. The maximum atomic E-state index is 12.6. The van der Waals surface area contributed by atoms with E-state index in [4.69, 9.17) is 4.42 Å². The first-order chi connectivity index (χ1) is 14.2. The predicted octanol–water partition coefficient (Wildman–Crippen LogP) is 4.84. The van der Waals surface area contributed by atoms with Crippen molar-refractivity contribution < 1.29 is 9.21 Å². The van der Waals surface area contributed by atoms with Crippen LogP contribution in [0.1, 0.15) is 18.4 Å². The molecular weight excluding hydrogens is 364 g/mol. The van der Waals surface area contributed by atoms with Crippen molar-refractivity contribution in [2.75, 3.05) is 6.54 Å². The Morgan fingerprint density at radius 3 is 2.34 bits per heavy atom. The summed E-state index contributed by atoms with van der Waals surface area (Å²) in [6.45, 7) is 0.503. The zero-order valence-electron chi connectivity index (χ0n) is 16.0. The molecule has 0 unspecified atom stereocenters. The Labute approximate surface area is 168 Å². The van der Waals surface area contributed by atoms with Crippen LogP contribution in [0.25, 0.3) is 22.2 Å². The maximum absolute atomic E-state index is 12.6. The van der Waals surface area contributed by atoms with Gasteiger partial charge in [0.1, 0.15) is 5.52 Å². The lowest BCUT2D eigenvalue weighted by molar-refractivity contribution is 0.241. The third kappa shape index (κ3) is 4.29. The second-order valence-electron chi connectivity index (χ2n) is 6.93. The fourth-order valence-corrected chi connectivity index (χ4v) is 3.39. The van der Waals surface area contributed by atoms with Crippen LogP contribution in [0.5, 0.6) is 0 Å². The minimum Gasteiger partial charge on any atom is -0.407 e. The van der Waals surface area contributed by atoms with Crippen LogP contribution in [0.4, 0.5) is 4.79 Å². The maximum Gasteiger partial charge on any atom is 0.428 e. The van der Waals surface area contributed by atoms with Crippen LogP contribution in [0.3, 0.4) is 0 Å². The highest BCUT2D eigenvalue weighted by Gasteiger charge is 2.16. The number of amides is 1. The molecule has 1 aromatic heterocycles. The van der Waals surface area contributed by atoms with E-state index in [1.54, 1.807) is 6.07 Å². The lowest BCUT2D eigenvalue weighted by Crippen LogP contribution is -2.34. The first kappa shape index (κ1) is 18.7. The number of nitrogens with zero attached hydrogens (tertiary/aromatic N) is 1. The van der Waals surface area contributed by atoms with Crippen LogP contribution in [0.2, 0.25) is 0 Å². The summed E-state index contributed by atoms with van der Waals surface area (Å²) in [6.07, 6.45) is 2.76. The van der Waals surface area contributed by atoms with Gasteiger partial charge in [0.2, 0.25) is 0 Å². The number of rotatable bonds is 6. The molecule has 0 atom stereocenters. The molecule has 1 amide bonds. The number of nitrogens with one attached hydrogen (secondary N) is 1. The molecule has 4 aromatic rings. The van der Waals surface area contributed by atoms with Gasteiger partial charge in [-0.1, -0.05) is 66.7 Å². The lowest BCUT2D eigenvalue weighted by atomic mass is 10.1. The summed E-state index contributed by atoms with van der Waals surface area (Å²) >= 11 is 0. The lowest BCUT2D eigenvalue weighted by Gasteiger charge is -2.06. The highest BCUT2D eigenvalue weighted by Crippen LogP contribution is 2.23. The van der Waals surface area contributed by atoms with Gasteiger partial charge in [0.05, 0.1) is 0 Å². The van der Waals surface area contributed by atoms with Crippen molar-refractivity contribution in [1.82, 2.24) is 9.88 Å². The topological polar surface area (TPSA) is 64.2 Å². The zero-order chi connectivity index (χ0) is 20.1. The predicted molar refractivity (Wildman–Crippen MR) is 114 cm³/mol. The SMILES string of the molecule is O=C(NCCCCc1ccccc1)n1c(=O)oc2ccc(-c3ccccc3)cc21. The van der Waals surface area contributed by atoms with Crippen molar-refractivity contribution in [3.05, 3.63) is 95.0 Å². The monoisotopic (exact) mass is 386 g/mol. The molecule has 3 aromatic carbocycles. The minimum atomic E-state index is -0.674. The molecule has 0 saturated carbocycles. The molecule has 4 rings (SSSR count). The third-order valence-corrected chi connectivity index (χ3v) is 4.90. The molecule has 5 nitrogen and oxygen atoms in total. The quantitative estimate of drug-likeness (QED) is 0.482. The number of fused-ring (bicyclic) bond motifs is 1. The van der Waals surface area contributed by atoms with Gasteiger partial charge in [0.25, 0.3) is 0 Å². The summed E-state index contributed by atoms with van der Waals surface area (Å²) in [7, 11) is 0. The third-order valence-electron chi connectivity index (χ3n) is 4.90. The van der Waals surface area contributed by atoms with E-state index in [2.05, 4.69) is 17.4 Å². The van der Waals surface area contributed by atoms with Crippen LogP contribution in [-0.2, 0) is 6.42 Å². The Hall–Kier alpha value is -3.60. The summed E-state index contributed by atoms with van der Waals surface area (Å²) in [4.78, 5) is 24.9. The zero-order valence-corrected chi connectivity index (χ0v) is 16.0. The molecule has 1 heterocycles. The molecule has 0 aliphatic heterocycles. The Morgan fingerprint density at radius 2 is 1.59 bits per heavy atom. The highest BCUT2D eigenvalue weighted by molar-refractivity contribution is 5.90. The van der Waals surface area contributed by atoms with Gasteiger partial charge in [-0.15, -0.1) is 0 Å². The van der Waals surface area contributed by atoms with Crippen molar-refractivity contribution in [2.45, 2.75) is 19.3 Å². The summed E-state index contributed by atoms with van der Waals surface area (Å²) in [6, 6.07) is 25.0. The van der Waals surface area contributed by atoms with E-state index in [-0.39, 0.29) is 0 Å². The van der Waals surface area contributed by atoms with Crippen molar-refractivity contribution in [2.24, 2.45) is 0 Å². The largest absolute Gasteiger partial charge is 0.428 e. The molecule has 0 saturated heterocycles. The number of hydrogen-bond acceptors (Lipinski definition) is 3. The van der Waals surface area contributed by atoms with E-state index >= 15 is 0 Å².